The molecule has 8 heteroatoms. The molecule has 2 aromatic rings. The van der Waals surface area contributed by atoms with E-state index in [1.54, 1.807) is 25.3 Å². The van der Waals surface area contributed by atoms with Gasteiger partial charge < -0.3 is 14.2 Å². The summed E-state index contributed by atoms with van der Waals surface area (Å²) in [6.07, 6.45) is 3.03. The number of ether oxygens (including phenoxy) is 3. The average molecular weight is 433 g/mol. The highest BCUT2D eigenvalue weighted by Crippen LogP contribution is 2.32. The first-order valence-electron chi connectivity index (χ1n) is 10.3. The van der Waals surface area contributed by atoms with Crippen LogP contribution < -0.4 is 18.9 Å². The summed E-state index contributed by atoms with van der Waals surface area (Å²) in [5.74, 6) is 1.84. The summed E-state index contributed by atoms with van der Waals surface area (Å²) < 4.78 is 45.3. The quantitative estimate of drug-likeness (QED) is 0.725. The molecule has 2 aromatic carbocycles. The third-order valence-electron chi connectivity index (χ3n) is 5.58. The van der Waals surface area contributed by atoms with Crippen molar-refractivity contribution in [2.24, 2.45) is 0 Å². The minimum Gasteiger partial charge on any atom is -0.497 e. The zero-order chi connectivity index (χ0) is 21.0. The highest BCUT2D eigenvalue weighted by molar-refractivity contribution is 7.89. The lowest BCUT2D eigenvalue weighted by atomic mass is 10.1. The molecule has 7 nitrogen and oxygen atoms in total. The number of hydrogen-bond donors (Lipinski definition) is 1. The van der Waals surface area contributed by atoms with Gasteiger partial charge in [-0.05, 0) is 55.8 Å². The lowest BCUT2D eigenvalue weighted by Gasteiger charge is -2.28. The molecule has 0 saturated carbocycles. The summed E-state index contributed by atoms with van der Waals surface area (Å²) in [5.41, 5.74) is 1.07. The number of fused-ring (bicyclic) bond motifs is 1. The molecule has 0 spiro atoms. The van der Waals surface area contributed by atoms with Crippen LogP contribution in [0.1, 0.15) is 30.9 Å². The Balaban J connectivity index is 1.52. The second kappa shape index (κ2) is 9.24. The summed E-state index contributed by atoms with van der Waals surface area (Å²) in [6, 6.07) is 12.6. The second-order valence-corrected chi connectivity index (χ2v) is 9.31. The van der Waals surface area contributed by atoms with E-state index in [0.717, 1.165) is 43.7 Å². The van der Waals surface area contributed by atoms with E-state index in [1.165, 1.54) is 0 Å². The van der Waals surface area contributed by atoms with Gasteiger partial charge in [0.1, 0.15) is 5.75 Å². The fraction of sp³-hybridized carbons (Fsp3) is 0.455. The fourth-order valence-corrected chi connectivity index (χ4v) is 4.97. The molecule has 0 bridgehead atoms. The molecule has 0 aliphatic carbocycles. The van der Waals surface area contributed by atoms with Crippen molar-refractivity contribution in [1.82, 2.24) is 9.62 Å². The highest BCUT2D eigenvalue weighted by Gasteiger charge is 2.26. The molecular formula is C22H28N2O5S. The van der Waals surface area contributed by atoms with Gasteiger partial charge >= 0.3 is 0 Å². The minimum atomic E-state index is -3.69. The summed E-state index contributed by atoms with van der Waals surface area (Å²) in [7, 11) is -2.05. The van der Waals surface area contributed by atoms with E-state index in [1.807, 2.05) is 24.3 Å². The maximum Gasteiger partial charge on any atom is 0.240 e. The van der Waals surface area contributed by atoms with Crippen molar-refractivity contribution in [3.63, 3.8) is 0 Å². The molecule has 2 heterocycles. The SMILES string of the molecule is COc1ccc([C@H](CNS(=O)(=O)c2ccc3c(c2)OCCCO3)N2CCCC2)cc1. The molecule has 162 valence electrons. The normalized spacial score (nSPS) is 18.0. The van der Waals surface area contributed by atoms with Crippen LogP contribution in [0, 0.1) is 0 Å². The van der Waals surface area contributed by atoms with Crippen molar-refractivity contribution in [3.8, 4) is 17.2 Å². The van der Waals surface area contributed by atoms with Gasteiger partial charge in [0, 0.05) is 25.1 Å². The number of methoxy groups -OCH3 is 1. The minimum absolute atomic E-state index is 0.0337. The van der Waals surface area contributed by atoms with E-state index in [2.05, 4.69) is 9.62 Å². The smallest absolute Gasteiger partial charge is 0.240 e. The van der Waals surface area contributed by atoms with E-state index in [0.29, 0.717) is 31.3 Å². The van der Waals surface area contributed by atoms with Gasteiger partial charge in [0.05, 0.1) is 25.2 Å². The molecule has 1 fully saturated rings. The summed E-state index contributed by atoms with van der Waals surface area (Å²) in [5, 5.41) is 0. The highest BCUT2D eigenvalue weighted by atomic mass is 32.2. The summed E-state index contributed by atoms with van der Waals surface area (Å²) in [6.45, 7) is 3.29. The Hall–Kier alpha value is -2.29. The van der Waals surface area contributed by atoms with Crippen LogP contribution in [-0.4, -0.2) is 53.3 Å². The van der Waals surface area contributed by atoms with Crippen molar-refractivity contribution in [1.29, 1.82) is 0 Å². The third kappa shape index (κ3) is 4.71. The van der Waals surface area contributed by atoms with Crippen molar-refractivity contribution in [3.05, 3.63) is 48.0 Å². The Morgan fingerprint density at radius 1 is 1.00 bits per heavy atom. The summed E-state index contributed by atoms with van der Waals surface area (Å²) >= 11 is 0. The Morgan fingerprint density at radius 3 is 2.40 bits per heavy atom. The van der Waals surface area contributed by atoms with Crippen LogP contribution in [0.4, 0.5) is 0 Å². The first-order chi connectivity index (χ1) is 14.6. The van der Waals surface area contributed by atoms with Crippen molar-refractivity contribution >= 4 is 10.0 Å². The molecule has 2 aliphatic heterocycles. The zero-order valence-electron chi connectivity index (χ0n) is 17.2. The maximum atomic E-state index is 13.0. The lowest BCUT2D eigenvalue weighted by Crippen LogP contribution is -2.36. The monoisotopic (exact) mass is 432 g/mol. The first kappa shape index (κ1) is 21.0. The standard InChI is InChI=1S/C22H28N2O5S/c1-27-18-7-5-17(6-8-18)20(24-11-2-3-12-24)16-23-30(25,26)19-9-10-21-22(15-19)29-14-4-13-28-21/h5-10,15,20,23H,2-4,11-14,16H2,1H3/t20-/m0/s1. The van der Waals surface area contributed by atoms with E-state index in [-0.39, 0.29) is 10.9 Å². The van der Waals surface area contributed by atoms with Gasteiger partial charge in [-0.1, -0.05) is 12.1 Å². The molecule has 30 heavy (non-hydrogen) atoms. The van der Waals surface area contributed by atoms with E-state index in [4.69, 9.17) is 14.2 Å². The van der Waals surface area contributed by atoms with Crippen LogP contribution in [0.25, 0.3) is 0 Å². The van der Waals surface area contributed by atoms with Crippen LogP contribution in [0.2, 0.25) is 0 Å². The topological polar surface area (TPSA) is 77.1 Å². The average Bonchev–Trinajstić information content (AvgIpc) is 3.18. The number of nitrogens with zero attached hydrogens (tertiary/aromatic N) is 1. The van der Waals surface area contributed by atoms with Crippen LogP contribution in [0.3, 0.4) is 0 Å². The van der Waals surface area contributed by atoms with Crippen LogP contribution in [0.5, 0.6) is 17.2 Å². The fourth-order valence-electron chi connectivity index (χ4n) is 3.92. The summed E-state index contributed by atoms with van der Waals surface area (Å²) in [4.78, 5) is 2.51. The van der Waals surface area contributed by atoms with Crippen molar-refractivity contribution in [2.75, 3.05) is 40.0 Å². The Kier molecular flexibility index (Phi) is 6.46. The van der Waals surface area contributed by atoms with E-state index in [9.17, 15) is 8.42 Å². The molecule has 1 saturated heterocycles. The molecule has 2 aliphatic rings. The van der Waals surface area contributed by atoms with E-state index < -0.39 is 10.0 Å². The van der Waals surface area contributed by atoms with E-state index >= 15 is 0 Å². The maximum absolute atomic E-state index is 13.0. The van der Waals surface area contributed by atoms with Gasteiger partial charge in [-0.25, -0.2) is 13.1 Å². The molecular weight excluding hydrogens is 404 g/mol. The van der Waals surface area contributed by atoms with Crippen molar-refractivity contribution in [2.45, 2.75) is 30.2 Å². The number of benzene rings is 2. The second-order valence-electron chi connectivity index (χ2n) is 7.54. The molecule has 0 unspecified atom stereocenters. The number of rotatable bonds is 7. The Morgan fingerprint density at radius 2 is 1.70 bits per heavy atom. The molecule has 0 amide bonds. The van der Waals surface area contributed by atoms with Crippen LogP contribution >= 0.6 is 0 Å². The van der Waals surface area contributed by atoms with Gasteiger partial charge in [-0.3, -0.25) is 4.90 Å². The van der Waals surface area contributed by atoms with Gasteiger partial charge in [0.2, 0.25) is 10.0 Å². The molecule has 0 radical (unpaired) electrons. The number of hydrogen-bond acceptors (Lipinski definition) is 6. The predicted octanol–water partition coefficient (Wildman–Crippen LogP) is 2.97. The molecule has 0 aromatic heterocycles. The molecule has 4 rings (SSSR count). The van der Waals surface area contributed by atoms with Crippen LogP contribution in [0.15, 0.2) is 47.4 Å². The van der Waals surface area contributed by atoms with Gasteiger partial charge in [-0.15, -0.1) is 0 Å². The Bertz CT molecular complexity index is 956. The molecule has 1 N–H and O–H groups in total. The number of sulfonamides is 1. The number of nitrogens with one attached hydrogen (secondary N) is 1. The largest absolute Gasteiger partial charge is 0.497 e. The first-order valence-corrected chi connectivity index (χ1v) is 11.8. The Labute approximate surface area is 178 Å². The van der Waals surface area contributed by atoms with Crippen LogP contribution in [-0.2, 0) is 10.0 Å². The third-order valence-corrected chi connectivity index (χ3v) is 7.00. The molecule has 1 atom stereocenters. The number of likely N-dealkylation sites (tertiary alicyclic amines) is 1. The van der Waals surface area contributed by atoms with Gasteiger partial charge in [0.25, 0.3) is 0 Å². The predicted molar refractivity (Wildman–Crippen MR) is 114 cm³/mol. The lowest BCUT2D eigenvalue weighted by molar-refractivity contribution is 0.246. The zero-order valence-corrected chi connectivity index (χ0v) is 18.0. The van der Waals surface area contributed by atoms with Crippen molar-refractivity contribution < 1.29 is 22.6 Å². The van der Waals surface area contributed by atoms with Gasteiger partial charge in [0.15, 0.2) is 11.5 Å². The van der Waals surface area contributed by atoms with Gasteiger partial charge in [-0.2, -0.15) is 0 Å².